The van der Waals surface area contributed by atoms with E-state index in [0.717, 1.165) is 0 Å². The molecule has 2 rings (SSSR count). The zero-order valence-corrected chi connectivity index (χ0v) is 7.37. The van der Waals surface area contributed by atoms with Crippen molar-refractivity contribution in [1.82, 2.24) is 18.6 Å². The van der Waals surface area contributed by atoms with Crippen LogP contribution >= 0.6 is 11.8 Å². The largest absolute Gasteiger partial charge is 0.347 e. The molecule has 0 atom stereocenters. The Labute approximate surface area is 76.5 Å². The highest BCUT2D eigenvalue weighted by Gasteiger charge is 2.10. The molecule has 13 heavy (non-hydrogen) atoms. The SMILES string of the molecule is Cn1c(=O)n(Cl)c(=O)c2[nH]cnc21. The fraction of sp³-hybridized carbons (Fsp3) is 0.167. The first kappa shape index (κ1) is 8.06. The second kappa shape index (κ2) is 2.46. The maximum Gasteiger partial charge on any atom is 0.347 e. The summed E-state index contributed by atoms with van der Waals surface area (Å²) in [5.41, 5.74) is -0.674. The molecule has 0 fully saturated rings. The third-order valence-electron chi connectivity index (χ3n) is 1.78. The number of fused-ring (bicyclic) bond motifs is 1. The molecule has 2 aromatic heterocycles. The molecule has 68 valence electrons. The molecule has 0 spiro atoms. The van der Waals surface area contributed by atoms with Crippen molar-refractivity contribution >= 4 is 22.9 Å². The first-order valence-electron chi connectivity index (χ1n) is 3.44. The summed E-state index contributed by atoms with van der Waals surface area (Å²) in [6, 6.07) is 0. The number of hydrogen-bond donors (Lipinski definition) is 1. The van der Waals surface area contributed by atoms with Crippen molar-refractivity contribution in [2.24, 2.45) is 7.05 Å². The van der Waals surface area contributed by atoms with Crippen LogP contribution in [0.3, 0.4) is 0 Å². The maximum atomic E-state index is 11.3. The normalized spacial score (nSPS) is 10.9. The molecule has 0 bridgehead atoms. The van der Waals surface area contributed by atoms with Crippen molar-refractivity contribution in [3.8, 4) is 0 Å². The lowest BCUT2D eigenvalue weighted by molar-refractivity contribution is 0.806. The van der Waals surface area contributed by atoms with Gasteiger partial charge in [0.1, 0.15) is 0 Å². The van der Waals surface area contributed by atoms with Crippen molar-refractivity contribution in [3.05, 3.63) is 27.2 Å². The number of H-pyrrole nitrogens is 1. The molecule has 0 aliphatic rings. The summed E-state index contributed by atoms with van der Waals surface area (Å²) in [6.07, 6.45) is 1.34. The second-order valence-electron chi connectivity index (χ2n) is 2.53. The minimum atomic E-state index is -0.605. The van der Waals surface area contributed by atoms with Gasteiger partial charge in [0.2, 0.25) is 0 Å². The Morgan fingerprint density at radius 2 is 2.23 bits per heavy atom. The minimum Gasteiger partial charge on any atom is -0.339 e. The van der Waals surface area contributed by atoms with Crippen LogP contribution in [-0.4, -0.2) is 18.6 Å². The summed E-state index contributed by atoms with van der Waals surface area (Å²) in [5.74, 6) is 0. The Bertz CT molecular complexity index is 578. The Hall–Kier alpha value is -1.56. The average molecular weight is 201 g/mol. The molecule has 0 unspecified atom stereocenters. The molecule has 0 aromatic carbocycles. The van der Waals surface area contributed by atoms with Crippen LogP contribution in [0.5, 0.6) is 0 Å². The summed E-state index contributed by atoms with van der Waals surface area (Å²) in [7, 11) is 1.49. The molecule has 0 saturated carbocycles. The topological polar surface area (TPSA) is 72.7 Å². The molecule has 7 heteroatoms. The summed E-state index contributed by atoms with van der Waals surface area (Å²) in [4.78, 5) is 29.0. The van der Waals surface area contributed by atoms with Crippen LogP contribution in [0.4, 0.5) is 0 Å². The van der Waals surface area contributed by atoms with Gasteiger partial charge in [-0.05, 0) is 0 Å². The van der Waals surface area contributed by atoms with Gasteiger partial charge in [-0.3, -0.25) is 9.36 Å². The molecule has 0 amide bonds. The number of nitrogens with one attached hydrogen (secondary N) is 1. The van der Waals surface area contributed by atoms with Crippen molar-refractivity contribution < 1.29 is 0 Å². The van der Waals surface area contributed by atoms with E-state index in [1.54, 1.807) is 0 Å². The van der Waals surface area contributed by atoms with Gasteiger partial charge in [0.15, 0.2) is 11.2 Å². The standard InChI is InChI=1S/C6H5ClN4O2/c1-10-4-3(8-2-9-4)5(12)11(7)6(10)13/h2H,1H3,(H,8,9). The molecular weight excluding hydrogens is 196 g/mol. The van der Waals surface area contributed by atoms with Gasteiger partial charge in [0.05, 0.1) is 6.33 Å². The molecule has 2 heterocycles. The van der Waals surface area contributed by atoms with E-state index in [1.807, 2.05) is 0 Å². The van der Waals surface area contributed by atoms with Gasteiger partial charge in [-0.2, -0.15) is 4.09 Å². The van der Waals surface area contributed by atoms with Gasteiger partial charge in [-0.1, -0.05) is 0 Å². The van der Waals surface area contributed by atoms with Gasteiger partial charge in [-0.25, -0.2) is 9.78 Å². The van der Waals surface area contributed by atoms with Crippen LogP contribution in [0.1, 0.15) is 0 Å². The summed E-state index contributed by atoms with van der Waals surface area (Å²) in [5, 5.41) is 0. The van der Waals surface area contributed by atoms with Gasteiger partial charge >= 0.3 is 5.69 Å². The Balaban J connectivity index is 3.21. The summed E-state index contributed by atoms with van der Waals surface area (Å²) >= 11 is 5.44. The predicted octanol–water partition coefficient (Wildman–Crippen LogP) is -0.575. The number of aromatic nitrogens is 4. The van der Waals surface area contributed by atoms with Crippen LogP contribution in [0.2, 0.25) is 0 Å². The monoisotopic (exact) mass is 200 g/mol. The predicted molar refractivity (Wildman–Crippen MR) is 46.8 cm³/mol. The highest BCUT2D eigenvalue weighted by atomic mass is 35.5. The number of halogens is 1. The molecule has 0 aliphatic carbocycles. The van der Waals surface area contributed by atoms with Gasteiger partial charge in [-0.15, -0.1) is 0 Å². The van der Waals surface area contributed by atoms with Crippen LogP contribution in [0.15, 0.2) is 15.9 Å². The molecule has 2 aromatic rings. The number of aromatic amines is 1. The van der Waals surface area contributed by atoms with Gasteiger partial charge in [0.25, 0.3) is 5.56 Å². The Morgan fingerprint density at radius 1 is 1.54 bits per heavy atom. The molecule has 0 aliphatic heterocycles. The number of hydrogen-bond acceptors (Lipinski definition) is 3. The van der Waals surface area contributed by atoms with E-state index in [9.17, 15) is 9.59 Å². The third kappa shape index (κ3) is 0.919. The zero-order chi connectivity index (χ0) is 9.59. The average Bonchev–Trinajstić information content (AvgIpc) is 2.59. The molecular formula is C6H5ClN4O2. The number of rotatable bonds is 0. The molecule has 0 saturated heterocycles. The molecule has 1 N–H and O–H groups in total. The van der Waals surface area contributed by atoms with Crippen LogP contribution in [-0.2, 0) is 7.05 Å². The minimum absolute atomic E-state index is 0.220. The number of nitrogens with zero attached hydrogens (tertiary/aromatic N) is 3. The van der Waals surface area contributed by atoms with E-state index in [4.69, 9.17) is 11.8 Å². The second-order valence-corrected chi connectivity index (χ2v) is 2.87. The van der Waals surface area contributed by atoms with E-state index in [-0.39, 0.29) is 5.52 Å². The highest BCUT2D eigenvalue weighted by molar-refractivity contribution is 6.15. The van der Waals surface area contributed by atoms with E-state index in [2.05, 4.69) is 9.97 Å². The first-order chi connectivity index (χ1) is 6.13. The molecule has 6 nitrogen and oxygen atoms in total. The lowest BCUT2D eigenvalue weighted by atomic mass is 10.5. The van der Waals surface area contributed by atoms with E-state index < -0.39 is 11.2 Å². The van der Waals surface area contributed by atoms with E-state index in [0.29, 0.717) is 9.73 Å². The Morgan fingerprint density at radius 3 is 2.92 bits per heavy atom. The number of aryl methyl sites for hydroxylation is 1. The van der Waals surface area contributed by atoms with Crippen molar-refractivity contribution in [2.75, 3.05) is 0 Å². The zero-order valence-electron chi connectivity index (χ0n) is 6.61. The summed E-state index contributed by atoms with van der Waals surface area (Å²) in [6.45, 7) is 0. The van der Waals surface area contributed by atoms with Crippen LogP contribution < -0.4 is 11.2 Å². The Kier molecular flexibility index (Phi) is 1.53. The van der Waals surface area contributed by atoms with Crippen LogP contribution in [0.25, 0.3) is 11.2 Å². The fourth-order valence-electron chi connectivity index (χ4n) is 1.11. The highest BCUT2D eigenvalue weighted by Crippen LogP contribution is 1.98. The third-order valence-corrected chi connectivity index (χ3v) is 2.08. The smallest absolute Gasteiger partial charge is 0.339 e. The maximum absolute atomic E-state index is 11.3. The van der Waals surface area contributed by atoms with E-state index in [1.165, 1.54) is 17.9 Å². The fourth-order valence-corrected chi connectivity index (χ4v) is 1.30. The first-order valence-corrected chi connectivity index (χ1v) is 3.78. The van der Waals surface area contributed by atoms with Crippen molar-refractivity contribution in [1.29, 1.82) is 0 Å². The number of imidazole rings is 1. The van der Waals surface area contributed by atoms with Gasteiger partial charge < -0.3 is 4.98 Å². The lowest BCUT2D eigenvalue weighted by Gasteiger charge is -1.98. The van der Waals surface area contributed by atoms with Crippen molar-refractivity contribution in [3.63, 3.8) is 0 Å². The quantitative estimate of drug-likeness (QED) is 0.619. The van der Waals surface area contributed by atoms with Crippen LogP contribution in [0, 0.1) is 0 Å². The van der Waals surface area contributed by atoms with Crippen molar-refractivity contribution in [2.45, 2.75) is 0 Å². The van der Waals surface area contributed by atoms with Gasteiger partial charge in [0, 0.05) is 18.8 Å². The lowest BCUT2D eigenvalue weighted by Crippen LogP contribution is -2.34. The summed E-state index contributed by atoms with van der Waals surface area (Å²) < 4.78 is 1.71. The molecule has 0 radical (unpaired) electrons. The van der Waals surface area contributed by atoms with E-state index >= 15 is 0 Å².